The van der Waals surface area contributed by atoms with Crippen molar-refractivity contribution in [2.45, 2.75) is 51.5 Å². The lowest BCUT2D eigenvalue weighted by Crippen LogP contribution is -2.32. The fraction of sp³-hybridized carbons (Fsp3) is 0.519. The third-order valence-corrected chi connectivity index (χ3v) is 6.79. The van der Waals surface area contributed by atoms with Gasteiger partial charge in [0.25, 0.3) is 0 Å². The number of allylic oxidation sites excluding steroid dienone is 1. The normalized spacial score (nSPS) is 18.8. The minimum atomic E-state index is -0.213. The maximum Gasteiger partial charge on any atom is 0.217 e. The van der Waals surface area contributed by atoms with Crippen LogP contribution in [0, 0.1) is 17.7 Å². The largest absolute Gasteiger partial charge is 0.493 e. The molecular weight excluding hydrogens is 403 g/mol. The first-order chi connectivity index (χ1) is 15.7. The number of likely N-dealkylation sites (tertiary alicyclic amines) is 1. The van der Waals surface area contributed by atoms with Crippen LogP contribution in [0.2, 0.25) is 0 Å². The van der Waals surface area contributed by atoms with Crippen molar-refractivity contribution in [2.24, 2.45) is 11.8 Å². The van der Waals surface area contributed by atoms with Gasteiger partial charge in [-0.15, -0.1) is 0 Å². The van der Waals surface area contributed by atoms with Gasteiger partial charge in [0.05, 0.1) is 13.7 Å². The maximum absolute atomic E-state index is 13.9. The highest BCUT2D eigenvalue weighted by molar-refractivity contribution is 5.57. The summed E-state index contributed by atoms with van der Waals surface area (Å²) in [7, 11) is 1.67. The quantitative estimate of drug-likeness (QED) is 0.498. The van der Waals surface area contributed by atoms with E-state index in [1.807, 2.05) is 6.07 Å². The zero-order valence-electron chi connectivity index (χ0n) is 19.1. The Morgan fingerprint density at radius 1 is 1.09 bits per heavy atom. The van der Waals surface area contributed by atoms with Gasteiger partial charge >= 0.3 is 0 Å². The number of piperidine rings is 1. The van der Waals surface area contributed by atoms with Crippen LogP contribution < -0.4 is 9.47 Å². The Labute approximate surface area is 191 Å². The molecule has 0 radical (unpaired) electrons. The Morgan fingerprint density at radius 3 is 2.69 bits per heavy atom. The Kier molecular flexibility index (Phi) is 8.16. The van der Waals surface area contributed by atoms with E-state index in [0.29, 0.717) is 17.7 Å². The molecule has 0 atom stereocenters. The molecule has 1 saturated heterocycles. The van der Waals surface area contributed by atoms with Gasteiger partial charge in [-0.25, -0.2) is 9.37 Å². The summed E-state index contributed by atoms with van der Waals surface area (Å²) in [6.07, 6.45) is 14.7. The van der Waals surface area contributed by atoms with Crippen molar-refractivity contribution < 1.29 is 13.9 Å². The van der Waals surface area contributed by atoms with E-state index in [0.717, 1.165) is 56.0 Å². The molecule has 0 unspecified atom stereocenters. The summed E-state index contributed by atoms with van der Waals surface area (Å²) in [5.41, 5.74) is 1.98. The number of ether oxygens (including phenoxy) is 2. The average Bonchev–Trinajstić information content (AvgIpc) is 2.84. The number of hydrogen-bond acceptors (Lipinski definition) is 4. The number of aromatic nitrogens is 1. The van der Waals surface area contributed by atoms with Crippen LogP contribution in [0.15, 0.2) is 42.6 Å². The zero-order valence-corrected chi connectivity index (χ0v) is 19.1. The van der Waals surface area contributed by atoms with E-state index >= 15 is 0 Å². The van der Waals surface area contributed by atoms with E-state index in [1.165, 1.54) is 38.2 Å². The molecule has 2 aliphatic rings. The lowest BCUT2D eigenvalue weighted by Gasteiger charge is -2.30. The predicted molar refractivity (Wildman–Crippen MR) is 126 cm³/mol. The molecule has 32 heavy (non-hydrogen) atoms. The molecular formula is C27H35FN2O2. The van der Waals surface area contributed by atoms with Crippen molar-refractivity contribution in [1.82, 2.24) is 9.88 Å². The highest BCUT2D eigenvalue weighted by atomic mass is 19.1. The van der Waals surface area contributed by atoms with E-state index in [-0.39, 0.29) is 5.82 Å². The zero-order chi connectivity index (χ0) is 22.2. The fourth-order valence-corrected chi connectivity index (χ4v) is 4.85. The van der Waals surface area contributed by atoms with Crippen LogP contribution in [-0.2, 0) is 6.54 Å². The molecule has 1 aromatic heterocycles. The lowest BCUT2D eigenvalue weighted by molar-refractivity contribution is 0.193. The standard InChI is InChI=1S/C27H35FN2O2/c1-31-27-24(8-5-15-29-27)19-30-16-13-21(14-17-30)9-10-23-18-25(28)11-12-26(23)32-20-22-6-3-2-4-7-22/h5,8-12,15,18,21-22H,2-4,6-7,13-14,16-17,19-20H2,1H3/b10-9+. The fourth-order valence-electron chi connectivity index (χ4n) is 4.85. The van der Waals surface area contributed by atoms with Crippen molar-refractivity contribution in [1.29, 1.82) is 0 Å². The summed E-state index contributed by atoms with van der Waals surface area (Å²) < 4.78 is 25.4. The molecule has 1 aromatic carbocycles. The molecule has 0 amide bonds. The number of hydrogen-bond donors (Lipinski definition) is 0. The molecule has 2 aromatic rings. The van der Waals surface area contributed by atoms with E-state index in [9.17, 15) is 4.39 Å². The highest BCUT2D eigenvalue weighted by Gasteiger charge is 2.19. The average molecular weight is 439 g/mol. The van der Waals surface area contributed by atoms with Crippen LogP contribution in [0.25, 0.3) is 6.08 Å². The first-order valence-corrected chi connectivity index (χ1v) is 12.0. The Morgan fingerprint density at radius 2 is 1.91 bits per heavy atom. The molecule has 5 heteroatoms. The number of halogens is 1. The van der Waals surface area contributed by atoms with Crippen LogP contribution >= 0.6 is 0 Å². The second-order valence-corrected chi connectivity index (χ2v) is 9.14. The van der Waals surface area contributed by atoms with Gasteiger partial charge in [-0.1, -0.05) is 37.5 Å². The van der Waals surface area contributed by atoms with E-state index in [2.05, 4.69) is 28.1 Å². The van der Waals surface area contributed by atoms with Gasteiger partial charge in [-0.3, -0.25) is 4.90 Å². The molecule has 1 aliphatic carbocycles. The van der Waals surface area contributed by atoms with Crippen molar-refractivity contribution in [3.8, 4) is 11.6 Å². The van der Waals surface area contributed by atoms with Crippen molar-refractivity contribution in [2.75, 3.05) is 26.8 Å². The number of methoxy groups -OCH3 is 1. The van der Waals surface area contributed by atoms with Gasteiger partial charge in [-0.05, 0) is 74.9 Å². The third-order valence-electron chi connectivity index (χ3n) is 6.79. The molecule has 2 fully saturated rings. The lowest BCUT2D eigenvalue weighted by atomic mass is 9.90. The van der Waals surface area contributed by atoms with Crippen molar-refractivity contribution in [3.63, 3.8) is 0 Å². The first kappa shape index (κ1) is 22.8. The Bertz CT molecular complexity index is 887. The van der Waals surface area contributed by atoms with Crippen LogP contribution in [0.1, 0.15) is 56.1 Å². The van der Waals surface area contributed by atoms with Gasteiger partial charge in [0, 0.05) is 23.9 Å². The van der Waals surface area contributed by atoms with Crippen molar-refractivity contribution >= 4 is 6.08 Å². The summed E-state index contributed by atoms with van der Waals surface area (Å²) in [5.74, 6) is 2.43. The summed E-state index contributed by atoms with van der Waals surface area (Å²) >= 11 is 0. The second kappa shape index (κ2) is 11.5. The Balaban J connectivity index is 1.31. The maximum atomic E-state index is 13.9. The van der Waals surface area contributed by atoms with Crippen LogP contribution in [0.5, 0.6) is 11.6 Å². The van der Waals surface area contributed by atoms with Crippen molar-refractivity contribution in [3.05, 3.63) is 59.5 Å². The SMILES string of the molecule is COc1ncccc1CN1CCC(/C=C/c2cc(F)ccc2OCC2CCCCC2)CC1. The summed E-state index contributed by atoms with van der Waals surface area (Å²) in [6.45, 7) is 3.65. The first-order valence-electron chi connectivity index (χ1n) is 12.0. The van der Waals surface area contributed by atoms with Gasteiger partial charge < -0.3 is 9.47 Å². The second-order valence-electron chi connectivity index (χ2n) is 9.14. The van der Waals surface area contributed by atoms with E-state index in [4.69, 9.17) is 9.47 Å². The Hall–Kier alpha value is -2.40. The molecule has 1 saturated carbocycles. The smallest absolute Gasteiger partial charge is 0.217 e. The number of pyridine rings is 1. The van der Waals surface area contributed by atoms with E-state index in [1.54, 1.807) is 25.4 Å². The van der Waals surface area contributed by atoms with Gasteiger partial charge in [-0.2, -0.15) is 0 Å². The highest BCUT2D eigenvalue weighted by Crippen LogP contribution is 2.28. The molecule has 2 heterocycles. The van der Waals surface area contributed by atoms with Gasteiger partial charge in [0.1, 0.15) is 11.6 Å². The summed E-state index contributed by atoms with van der Waals surface area (Å²) in [6, 6.07) is 8.91. The molecule has 0 spiro atoms. The minimum absolute atomic E-state index is 0.213. The third kappa shape index (κ3) is 6.32. The molecule has 1 aliphatic heterocycles. The van der Waals surface area contributed by atoms with Gasteiger partial charge in [0.15, 0.2) is 0 Å². The number of rotatable bonds is 8. The molecule has 4 nitrogen and oxygen atoms in total. The summed E-state index contributed by atoms with van der Waals surface area (Å²) in [4.78, 5) is 6.75. The molecule has 4 rings (SSSR count). The van der Waals surface area contributed by atoms with Crippen LogP contribution in [0.3, 0.4) is 0 Å². The molecule has 172 valence electrons. The molecule has 0 bridgehead atoms. The minimum Gasteiger partial charge on any atom is -0.493 e. The molecule has 0 N–H and O–H groups in total. The predicted octanol–water partition coefficient (Wildman–Crippen LogP) is 6.11. The van der Waals surface area contributed by atoms with Crippen LogP contribution in [0.4, 0.5) is 4.39 Å². The van der Waals surface area contributed by atoms with Crippen LogP contribution in [-0.4, -0.2) is 36.7 Å². The van der Waals surface area contributed by atoms with E-state index < -0.39 is 0 Å². The summed E-state index contributed by atoms with van der Waals surface area (Å²) in [5, 5.41) is 0. The topological polar surface area (TPSA) is 34.6 Å². The number of nitrogens with zero attached hydrogens (tertiary/aromatic N) is 2. The monoisotopic (exact) mass is 438 g/mol. The number of benzene rings is 1. The van der Waals surface area contributed by atoms with Gasteiger partial charge in [0.2, 0.25) is 5.88 Å².